The SMILES string of the molecule is C.C.C.C=CC(=O)NCCC[Si](C)(C)O[Si](C)(C)CCCC. The van der Waals surface area contributed by atoms with E-state index in [0.717, 1.165) is 19.0 Å². The van der Waals surface area contributed by atoms with Crippen LogP contribution in [0.5, 0.6) is 0 Å². The lowest BCUT2D eigenvalue weighted by Crippen LogP contribution is -2.44. The van der Waals surface area contributed by atoms with Crippen LogP contribution in [0.3, 0.4) is 0 Å². The van der Waals surface area contributed by atoms with E-state index in [9.17, 15) is 4.79 Å². The number of amides is 1. The molecule has 1 N–H and O–H groups in total. The molecule has 0 aromatic carbocycles. The van der Waals surface area contributed by atoms with Gasteiger partial charge in [0.05, 0.1) is 0 Å². The smallest absolute Gasteiger partial charge is 0.243 e. The normalized spacial score (nSPS) is 10.6. The van der Waals surface area contributed by atoms with Gasteiger partial charge in [-0.3, -0.25) is 4.79 Å². The Labute approximate surface area is 143 Å². The minimum absolute atomic E-state index is 0. The van der Waals surface area contributed by atoms with Crippen LogP contribution in [0.4, 0.5) is 0 Å². The van der Waals surface area contributed by atoms with Crippen LogP contribution in [0.25, 0.3) is 0 Å². The summed E-state index contributed by atoms with van der Waals surface area (Å²) in [5.41, 5.74) is 0. The Bertz CT molecular complexity index is 292. The molecule has 0 aliphatic rings. The summed E-state index contributed by atoms with van der Waals surface area (Å²) in [6.45, 7) is 15.6. The van der Waals surface area contributed by atoms with E-state index < -0.39 is 16.6 Å². The first-order chi connectivity index (χ1) is 8.72. The quantitative estimate of drug-likeness (QED) is 0.307. The van der Waals surface area contributed by atoms with Crippen LogP contribution in [0.2, 0.25) is 38.3 Å². The Hall–Kier alpha value is -0.396. The minimum atomic E-state index is -1.59. The van der Waals surface area contributed by atoms with E-state index >= 15 is 0 Å². The summed E-state index contributed by atoms with van der Waals surface area (Å²) in [5, 5.41) is 2.82. The lowest BCUT2D eigenvalue weighted by atomic mass is 10.4. The van der Waals surface area contributed by atoms with Crippen LogP contribution in [-0.2, 0) is 8.91 Å². The third-order valence-corrected chi connectivity index (χ3v) is 10.7. The molecule has 136 valence electrons. The Kier molecular flexibility index (Phi) is 19.1. The summed E-state index contributed by atoms with van der Waals surface area (Å²) in [6, 6.07) is 2.36. The van der Waals surface area contributed by atoms with Gasteiger partial charge in [0.1, 0.15) is 0 Å². The maximum Gasteiger partial charge on any atom is 0.243 e. The molecule has 0 atom stereocenters. The third-order valence-electron chi connectivity index (χ3n) is 3.13. The van der Waals surface area contributed by atoms with E-state index in [1.165, 1.54) is 25.0 Å². The molecule has 0 radical (unpaired) electrons. The maximum absolute atomic E-state index is 11.0. The fourth-order valence-electron chi connectivity index (χ4n) is 2.25. The number of hydrogen-bond acceptors (Lipinski definition) is 2. The summed E-state index contributed by atoms with van der Waals surface area (Å²) in [4.78, 5) is 11.0. The topological polar surface area (TPSA) is 38.3 Å². The van der Waals surface area contributed by atoms with Crippen LogP contribution < -0.4 is 5.32 Å². The molecule has 3 nitrogen and oxygen atoms in total. The molecule has 0 unspecified atom stereocenters. The van der Waals surface area contributed by atoms with Gasteiger partial charge in [0.2, 0.25) is 5.91 Å². The van der Waals surface area contributed by atoms with Gasteiger partial charge in [-0.15, -0.1) is 0 Å². The van der Waals surface area contributed by atoms with Crippen LogP contribution >= 0.6 is 0 Å². The van der Waals surface area contributed by atoms with E-state index in [0.29, 0.717) is 0 Å². The zero-order valence-corrected chi connectivity index (χ0v) is 15.3. The number of unbranched alkanes of at least 4 members (excludes halogenated alkanes) is 1. The van der Waals surface area contributed by atoms with Gasteiger partial charge in [-0.2, -0.15) is 0 Å². The molecule has 0 aliphatic carbocycles. The molecule has 0 aromatic heterocycles. The van der Waals surface area contributed by atoms with Gasteiger partial charge >= 0.3 is 0 Å². The molecule has 0 aliphatic heterocycles. The highest BCUT2D eigenvalue weighted by molar-refractivity contribution is 6.84. The average Bonchev–Trinajstić information content (AvgIpc) is 2.30. The van der Waals surface area contributed by atoms with E-state index in [1.54, 1.807) is 0 Å². The second-order valence-corrected chi connectivity index (χ2v) is 15.2. The molecule has 0 spiro atoms. The molecular formula is C17H43NO2Si2. The molecular weight excluding hydrogens is 306 g/mol. The standard InChI is InChI=1S/C14H31NO2Si2.3CH4/c1-7-9-12-18(3,4)17-19(5,6)13-10-11-15-14(16)8-2;;;/h8H,2,7,9-13H2,1,3-6H3,(H,15,16);3*1H4. The van der Waals surface area contributed by atoms with Crippen molar-refractivity contribution in [1.82, 2.24) is 5.32 Å². The van der Waals surface area contributed by atoms with Crippen molar-refractivity contribution in [3.63, 3.8) is 0 Å². The van der Waals surface area contributed by atoms with Crippen molar-refractivity contribution in [2.24, 2.45) is 0 Å². The lowest BCUT2D eigenvalue weighted by Gasteiger charge is -2.34. The van der Waals surface area contributed by atoms with Crippen molar-refractivity contribution in [3.8, 4) is 0 Å². The van der Waals surface area contributed by atoms with Crippen LogP contribution in [0.1, 0.15) is 48.5 Å². The highest BCUT2D eigenvalue weighted by Gasteiger charge is 2.31. The molecule has 5 heteroatoms. The largest absolute Gasteiger partial charge is 0.455 e. The number of carbonyl (C=O) groups is 1. The van der Waals surface area contributed by atoms with E-state index in [1.807, 2.05) is 0 Å². The second kappa shape index (κ2) is 14.2. The van der Waals surface area contributed by atoms with Crippen LogP contribution in [-0.4, -0.2) is 29.1 Å². The molecule has 0 heterocycles. The average molecular weight is 350 g/mol. The second-order valence-electron chi connectivity index (χ2n) is 6.32. The van der Waals surface area contributed by atoms with Crippen molar-refractivity contribution in [3.05, 3.63) is 12.7 Å². The molecule has 1 amide bonds. The predicted octanol–water partition coefficient (Wildman–Crippen LogP) is 5.81. The summed E-state index contributed by atoms with van der Waals surface area (Å²) in [5.74, 6) is -0.0851. The van der Waals surface area contributed by atoms with E-state index in [2.05, 4.69) is 45.0 Å². The summed E-state index contributed by atoms with van der Waals surface area (Å²) < 4.78 is 6.51. The number of nitrogens with one attached hydrogen (secondary N) is 1. The molecule has 0 aromatic rings. The van der Waals surface area contributed by atoms with Gasteiger partial charge in [0, 0.05) is 6.54 Å². The first-order valence-corrected chi connectivity index (χ1v) is 13.6. The van der Waals surface area contributed by atoms with Crippen LogP contribution in [0, 0.1) is 0 Å². The monoisotopic (exact) mass is 349 g/mol. The van der Waals surface area contributed by atoms with Gasteiger partial charge in [-0.1, -0.05) is 48.6 Å². The Balaban J connectivity index is -0.000000540. The highest BCUT2D eigenvalue weighted by atomic mass is 28.4. The number of rotatable bonds is 10. The maximum atomic E-state index is 11.0. The van der Waals surface area contributed by atoms with Gasteiger partial charge in [-0.05, 0) is 50.8 Å². The zero-order valence-electron chi connectivity index (χ0n) is 13.3. The minimum Gasteiger partial charge on any atom is -0.455 e. The summed E-state index contributed by atoms with van der Waals surface area (Å²) >= 11 is 0. The van der Waals surface area contributed by atoms with Crippen molar-refractivity contribution in [1.29, 1.82) is 0 Å². The number of carbonyl (C=O) groups excluding carboxylic acids is 1. The highest BCUT2D eigenvalue weighted by Crippen LogP contribution is 2.23. The fourth-order valence-corrected chi connectivity index (χ4v) is 11.3. The third kappa shape index (κ3) is 16.0. The van der Waals surface area contributed by atoms with E-state index in [-0.39, 0.29) is 28.2 Å². The first-order valence-electron chi connectivity index (χ1n) is 7.33. The first kappa shape index (κ1) is 29.6. The Morgan fingerprint density at radius 2 is 1.50 bits per heavy atom. The molecule has 22 heavy (non-hydrogen) atoms. The summed E-state index contributed by atoms with van der Waals surface area (Å²) in [7, 11) is -3.08. The molecule has 0 bridgehead atoms. The lowest BCUT2D eigenvalue weighted by molar-refractivity contribution is -0.116. The van der Waals surface area contributed by atoms with Gasteiger partial charge in [0.25, 0.3) is 0 Å². The molecule has 0 rings (SSSR count). The Morgan fingerprint density at radius 1 is 1.05 bits per heavy atom. The molecule has 0 saturated carbocycles. The Morgan fingerprint density at radius 3 is 1.91 bits per heavy atom. The fraction of sp³-hybridized carbons (Fsp3) is 0.824. The van der Waals surface area contributed by atoms with Crippen molar-refractivity contribution in [2.45, 2.75) is 86.7 Å². The zero-order chi connectivity index (χ0) is 14.9. The van der Waals surface area contributed by atoms with Gasteiger partial charge in [0.15, 0.2) is 16.6 Å². The van der Waals surface area contributed by atoms with E-state index in [4.69, 9.17) is 4.12 Å². The van der Waals surface area contributed by atoms with Crippen LogP contribution in [0.15, 0.2) is 12.7 Å². The van der Waals surface area contributed by atoms with Crippen molar-refractivity contribution >= 4 is 22.5 Å². The van der Waals surface area contributed by atoms with Crippen molar-refractivity contribution in [2.75, 3.05) is 6.54 Å². The van der Waals surface area contributed by atoms with Gasteiger partial charge < -0.3 is 9.43 Å². The number of hydrogen-bond donors (Lipinski definition) is 1. The van der Waals surface area contributed by atoms with Gasteiger partial charge in [-0.25, -0.2) is 0 Å². The molecule has 0 fully saturated rings. The van der Waals surface area contributed by atoms with Crippen molar-refractivity contribution < 1.29 is 8.91 Å². The molecule has 0 saturated heterocycles. The summed E-state index contributed by atoms with van der Waals surface area (Å²) in [6.07, 6.45) is 4.84. The predicted molar refractivity (Wildman–Crippen MR) is 109 cm³/mol.